The van der Waals surface area contributed by atoms with Crippen LogP contribution in [0, 0.1) is 12.7 Å². The molecule has 0 saturated heterocycles. The Balaban J connectivity index is 2.41. The number of hydrogen-bond donors (Lipinski definition) is 1. The number of rotatable bonds is 3. The lowest BCUT2D eigenvalue weighted by Gasteiger charge is -2.36. The highest BCUT2D eigenvalue weighted by Crippen LogP contribution is 2.45. The molecule has 1 heterocycles. The van der Waals surface area contributed by atoms with Crippen LogP contribution in [0.3, 0.4) is 0 Å². The van der Waals surface area contributed by atoms with Gasteiger partial charge >= 0.3 is 6.18 Å². The number of fused-ring (bicyclic) bond motifs is 1. The molecule has 1 radical (unpaired) electrons. The number of benzene rings is 1. The summed E-state index contributed by atoms with van der Waals surface area (Å²) in [6.45, 7) is 6.25. The Labute approximate surface area is 120 Å². The molecule has 0 spiro atoms. The van der Waals surface area contributed by atoms with Crippen molar-refractivity contribution in [2.45, 2.75) is 43.9 Å². The van der Waals surface area contributed by atoms with Gasteiger partial charge in [0, 0.05) is 17.5 Å². The molecule has 0 fully saturated rings. The van der Waals surface area contributed by atoms with Crippen molar-refractivity contribution >= 4 is 0 Å². The Bertz CT molecular complexity index is 547. The fraction of sp³-hybridized carbons (Fsp3) is 0.533. The van der Waals surface area contributed by atoms with Gasteiger partial charge in [0.2, 0.25) is 0 Å². The van der Waals surface area contributed by atoms with Gasteiger partial charge in [-0.3, -0.25) is 0 Å². The van der Waals surface area contributed by atoms with E-state index >= 15 is 0 Å². The lowest BCUT2D eigenvalue weighted by Crippen LogP contribution is -2.46. The largest absolute Gasteiger partial charge is 0.493 e. The molecule has 1 unspecified atom stereocenters. The second-order valence-electron chi connectivity index (χ2n) is 6.13. The van der Waals surface area contributed by atoms with Gasteiger partial charge in [0.05, 0.1) is 6.61 Å². The predicted molar refractivity (Wildman–Crippen MR) is 69.6 cm³/mol. The van der Waals surface area contributed by atoms with Crippen molar-refractivity contribution in [3.05, 3.63) is 36.0 Å². The van der Waals surface area contributed by atoms with E-state index in [2.05, 4.69) is 6.92 Å². The zero-order valence-electron chi connectivity index (χ0n) is 11.9. The second kappa shape index (κ2) is 4.87. The molecule has 1 atom stereocenters. The van der Waals surface area contributed by atoms with Crippen LogP contribution >= 0.6 is 0 Å². The smallest absolute Gasteiger partial charge is 0.417 e. The first-order valence-corrected chi connectivity index (χ1v) is 6.54. The maximum Gasteiger partial charge on any atom is 0.417 e. The minimum Gasteiger partial charge on any atom is -0.493 e. The Kier molecular flexibility index (Phi) is 3.72. The fourth-order valence-corrected chi connectivity index (χ4v) is 2.70. The molecule has 21 heavy (non-hydrogen) atoms. The molecule has 0 aromatic heterocycles. The third-order valence-electron chi connectivity index (χ3n) is 3.74. The average Bonchev–Trinajstić information content (AvgIpc) is 2.72. The minimum absolute atomic E-state index is 0.321. The Morgan fingerprint density at radius 2 is 1.90 bits per heavy atom. The summed E-state index contributed by atoms with van der Waals surface area (Å²) in [5, 5.41) is 9.60. The minimum atomic E-state index is -4.86. The lowest BCUT2D eigenvalue weighted by atomic mass is 9.74. The Morgan fingerprint density at radius 3 is 2.48 bits per heavy atom. The summed E-state index contributed by atoms with van der Waals surface area (Å²) < 4.78 is 57.5. The van der Waals surface area contributed by atoms with Crippen LogP contribution in [0.1, 0.15) is 31.4 Å². The van der Waals surface area contributed by atoms with Crippen molar-refractivity contribution in [1.82, 2.24) is 0 Å². The molecular formula is C15H17F4O2. The van der Waals surface area contributed by atoms with E-state index in [4.69, 9.17) is 4.74 Å². The fourth-order valence-electron chi connectivity index (χ4n) is 2.70. The van der Waals surface area contributed by atoms with Crippen molar-refractivity contribution in [1.29, 1.82) is 0 Å². The van der Waals surface area contributed by atoms with Gasteiger partial charge in [-0.05, 0) is 30.9 Å². The van der Waals surface area contributed by atoms with Gasteiger partial charge in [0.15, 0.2) is 5.60 Å². The molecule has 1 aliphatic heterocycles. The van der Waals surface area contributed by atoms with Crippen molar-refractivity contribution in [3.8, 4) is 5.75 Å². The quantitative estimate of drug-likeness (QED) is 0.865. The molecule has 0 amide bonds. The second-order valence-corrected chi connectivity index (χ2v) is 6.13. The van der Waals surface area contributed by atoms with E-state index in [-0.39, 0.29) is 0 Å². The first-order chi connectivity index (χ1) is 9.44. The van der Waals surface area contributed by atoms with Crippen LogP contribution in [0.4, 0.5) is 17.6 Å². The summed E-state index contributed by atoms with van der Waals surface area (Å²) in [4.78, 5) is 0. The summed E-state index contributed by atoms with van der Waals surface area (Å²) >= 11 is 0. The summed E-state index contributed by atoms with van der Waals surface area (Å²) in [6.07, 6.45) is -5.03. The van der Waals surface area contributed by atoms with Crippen LogP contribution in [0.2, 0.25) is 0 Å². The maximum absolute atomic E-state index is 13.7. The Morgan fingerprint density at radius 1 is 1.29 bits per heavy atom. The van der Waals surface area contributed by atoms with Crippen LogP contribution in [0.25, 0.3) is 0 Å². The maximum atomic E-state index is 13.7. The van der Waals surface area contributed by atoms with Crippen LogP contribution in [-0.4, -0.2) is 23.5 Å². The van der Waals surface area contributed by atoms with Gasteiger partial charge in [0.1, 0.15) is 11.6 Å². The predicted octanol–water partition coefficient (Wildman–Crippen LogP) is 3.56. The van der Waals surface area contributed by atoms with E-state index in [9.17, 15) is 22.7 Å². The normalized spacial score (nSPS) is 18.1. The average molecular weight is 305 g/mol. The van der Waals surface area contributed by atoms with Gasteiger partial charge in [-0.2, -0.15) is 13.2 Å². The number of halogens is 4. The molecular weight excluding hydrogens is 288 g/mol. The van der Waals surface area contributed by atoms with Gasteiger partial charge < -0.3 is 9.84 Å². The third-order valence-corrected chi connectivity index (χ3v) is 3.74. The highest BCUT2D eigenvalue weighted by atomic mass is 19.4. The zero-order chi connectivity index (χ0) is 16.1. The summed E-state index contributed by atoms with van der Waals surface area (Å²) in [6, 6.07) is 2.48. The number of aliphatic hydroxyl groups is 1. The van der Waals surface area contributed by atoms with Crippen LogP contribution in [0.5, 0.6) is 5.75 Å². The molecule has 6 heteroatoms. The molecule has 1 aliphatic rings. The van der Waals surface area contributed by atoms with E-state index < -0.39 is 29.4 Å². The van der Waals surface area contributed by atoms with Crippen molar-refractivity contribution in [3.63, 3.8) is 0 Å². The molecule has 117 valence electrons. The molecule has 1 N–H and O–H groups in total. The Hall–Kier alpha value is -1.30. The summed E-state index contributed by atoms with van der Waals surface area (Å²) in [7, 11) is 0. The summed E-state index contributed by atoms with van der Waals surface area (Å²) in [5.41, 5.74) is -3.30. The topological polar surface area (TPSA) is 29.5 Å². The third kappa shape index (κ3) is 3.00. The SMILES string of the molecule is [CH2]C(O)(CC(C)(C)c1cc(F)cc2c1OCC2)C(F)(F)F. The molecule has 0 saturated carbocycles. The van der Waals surface area contributed by atoms with E-state index in [0.717, 1.165) is 6.07 Å². The van der Waals surface area contributed by atoms with Crippen molar-refractivity contribution in [2.75, 3.05) is 6.61 Å². The molecule has 1 aromatic rings. The zero-order valence-corrected chi connectivity index (χ0v) is 11.9. The first-order valence-electron chi connectivity index (χ1n) is 6.54. The highest BCUT2D eigenvalue weighted by molar-refractivity contribution is 5.48. The highest BCUT2D eigenvalue weighted by Gasteiger charge is 2.53. The van der Waals surface area contributed by atoms with Crippen LogP contribution in [-0.2, 0) is 11.8 Å². The van der Waals surface area contributed by atoms with Crippen LogP contribution in [0.15, 0.2) is 12.1 Å². The molecule has 2 rings (SSSR count). The lowest BCUT2D eigenvalue weighted by molar-refractivity contribution is -0.247. The molecule has 0 bridgehead atoms. The van der Waals surface area contributed by atoms with Crippen LogP contribution < -0.4 is 4.74 Å². The molecule has 2 nitrogen and oxygen atoms in total. The molecule has 0 aliphatic carbocycles. The van der Waals surface area contributed by atoms with E-state index in [0.29, 0.717) is 29.9 Å². The first kappa shape index (κ1) is 16.1. The van der Waals surface area contributed by atoms with E-state index in [1.54, 1.807) is 0 Å². The van der Waals surface area contributed by atoms with E-state index in [1.165, 1.54) is 19.9 Å². The summed E-state index contributed by atoms with van der Waals surface area (Å²) in [5.74, 6) is -0.110. The number of hydrogen-bond acceptors (Lipinski definition) is 2. The number of ether oxygens (including phenoxy) is 1. The van der Waals surface area contributed by atoms with Gasteiger partial charge in [-0.1, -0.05) is 13.8 Å². The van der Waals surface area contributed by atoms with E-state index in [1.807, 2.05) is 0 Å². The monoisotopic (exact) mass is 305 g/mol. The van der Waals surface area contributed by atoms with Gasteiger partial charge in [-0.25, -0.2) is 4.39 Å². The molecule has 1 aromatic carbocycles. The van der Waals surface area contributed by atoms with Crippen molar-refractivity contribution < 1.29 is 27.4 Å². The van der Waals surface area contributed by atoms with Gasteiger partial charge in [-0.15, -0.1) is 0 Å². The van der Waals surface area contributed by atoms with Gasteiger partial charge in [0.25, 0.3) is 0 Å². The number of alkyl halides is 3. The standard InChI is InChI=1S/C15H17F4O2/c1-13(2,8-14(3,20)15(17,18)19)11-7-10(16)6-9-4-5-21-12(9)11/h6-7,20H,3-5,8H2,1-2H3. The van der Waals surface area contributed by atoms with Crippen molar-refractivity contribution in [2.24, 2.45) is 0 Å².